The van der Waals surface area contributed by atoms with Crippen molar-refractivity contribution in [3.8, 4) is 0 Å². The van der Waals surface area contributed by atoms with Crippen molar-refractivity contribution in [3.05, 3.63) is 68.7 Å². The van der Waals surface area contributed by atoms with Crippen LogP contribution in [0, 0.1) is 10.1 Å². The normalized spacial score (nSPS) is 18.0. The molecule has 142 valence electrons. The predicted molar refractivity (Wildman–Crippen MR) is 112 cm³/mol. The molecule has 0 aromatic heterocycles. The second-order valence-electron chi connectivity index (χ2n) is 6.81. The summed E-state index contributed by atoms with van der Waals surface area (Å²) >= 11 is 3.43. The lowest BCUT2D eigenvalue weighted by Gasteiger charge is -2.27. The van der Waals surface area contributed by atoms with Crippen molar-refractivity contribution in [1.29, 1.82) is 0 Å². The summed E-state index contributed by atoms with van der Waals surface area (Å²) in [6, 6.07) is 15.3. The SMILES string of the molecule is CC(NC1CCC(=NNc2ccc(Br)cc2)CC1)c1ccc([N+](=O)[O-])cc1. The number of halogens is 1. The Hall–Kier alpha value is -2.25. The zero-order valence-corrected chi connectivity index (χ0v) is 16.8. The van der Waals surface area contributed by atoms with Crippen LogP contribution in [0.1, 0.15) is 44.2 Å². The number of nitrogens with zero attached hydrogens (tertiary/aromatic N) is 2. The monoisotopic (exact) mass is 430 g/mol. The van der Waals surface area contributed by atoms with Gasteiger partial charge >= 0.3 is 0 Å². The third-order valence-electron chi connectivity index (χ3n) is 4.84. The second-order valence-corrected chi connectivity index (χ2v) is 7.72. The highest BCUT2D eigenvalue weighted by Crippen LogP contribution is 2.22. The van der Waals surface area contributed by atoms with Gasteiger partial charge in [-0.1, -0.05) is 28.1 Å². The molecular weight excluding hydrogens is 408 g/mol. The number of hydrogen-bond donors (Lipinski definition) is 2. The van der Waals surface area contributed by atoms with Crippen molar-refractivity contribution < 1.29 is 4.92 Å². The van der Waals surface area contributed by atoms with Crippen molar-refractivity contribution in [1.82, 2.24) is 5.32 Å². The van der Waals surface area contributed by atoms with Crippen molar-refractivity contribution in [2.24, 2.45) is 5.10 Å². The maximum absolute atomic E-state index is 10.8. The molecule has 1 aliphatic rings. The van der Waals surface area contributed by atoms with Gasteiger partial charge in [-0.2, -0.15) is 5.10 Å². The van der Waals surface area contributed by atoms with E-state index in [2.05, 4.69) is 38.7 Å². The first kappa shape index (κ1) is 19.5. The molecule has 1 aliphatic carbocycles. The minimum Gasteiger partial charge on any atom is -0.307 e. The van der Waals surface area contributed by atoms with Crippen LogP contribution in [0.4, 0.5) is 11.4 Å². The quantitative estimate of drug-likeness (QED) is 0.473. The maximum Gasteiger partial charge on any atom is 0.269 e. The van der Waals surface area contributed by atoms with Crippen LogP contribution in [0.3, 0.4) is 0 Å². The van der Waals surface area contributed by atoms with Crippen LogP contribution in [-0.2, 0) is 0 Å². The third-order valence-corrected chi connectivity index (χ3v) is 5.37. The summed E-state index contributed by atoms with van der Waals surface area (Å²) in [5, 5.41) is 18.9. The van der Waals surface area contributed by atoms with Gasteiger partial charge in [0.15, 0.2) is 0 Å². The maximum atomic E-state index is 10.8. The molecule has 1 atom stereocenters. The van der Waals surface area contributed by atoms with E-state index in [1.165, 1.54) is 5.71 Å². The van der Waals surface area contributed by atoms with E-state index in [0.29, 0.717) is 6.04 Å². The van der Waals surface area contributed by atoms with Crippen LogP contribution >= 0.6 is 15.9 Å². The highest BCUT2D eigenvalue weighted by Gasteiger charge is 2.20. The van der Waals surface area contributed by atoms with Gasteiger partial charge in [0.25, 0.3) is 5.69 Å². The number of nitrogens with one attached hydrogen (secondary N) is 2. The number of anilines is 1. The van der Waals surface area contributed by atoms with Gasteiger partial charge in [0.1, 0.15) is 0 Å². The van der Waals surface area contributed by atoms with Crippen molar-refractivity contribution >= 4 is 33.0 Å². The zero-order valence-electron chi connectivity index (χ0n) is 15.2. The molecule has 27 heavy (non-hydrogen) atoms. The van der Waals surface area contributed by atoms with E-state index in [0.717, 1.165) is 41.4 Å². The number of rotatable bonds is 6. The van der Waals surface area contributed by atoms with E-state index in [9.17, 15) is 10.1 Å². The van der Waals surface area contributed by atoms with Crippen LogP contribution in [0.25, 0.3) is 0 Å². The fourth-order valence-corrected chi connectivity index (χ4v) is 3.50. The smallest absolute Gasteiger partial charge is 0.269 e. The summed E-state index contributed by atoms with van der Waals surface area (Å²) in [6.45, 7) is 2.10. The minimum absolute atomic E-state index is 0.128. The first-order valence-electron chi connectivity index (χ1n) is 9.08. The molecule has 3 rings (SSSR count). The molecule has 1 unspecified atom stereocenters. The fourth-order valence-electron chi connectivity index (χ4n) is 3.23. The van der Waals surface area contributed by atoms with Crippen molar-refractivity contribution in [3.63, 3.8) is 0 Å². The van der Waals surface area contributed by atoms with Crippen molar-refractivity contribution in [2.45, 2.75) is 44.7 Å². The van der Waals surface area contributed by atoms with Crippen molar-refractivity contribution in [2.75, 3.05) is 5.43 Å². The lowest BCUT2D eigenvalue weighted by molar-refractivity contribution is -0.384. The predicted octanol–water partition coefficient (Wildman–Crippen LogP) is 5.42. The molecule has 6 nitrogen and oxygen atoms in total. The van der Waals surface area contributed by atoms with E-state index in [-0.39, 0.29) is 16.7 Å². The van der Waals surface area contributed by atoms with Gasteiger partial charge in [0, 0.05) is 34.4 Å². The average Bonchev–Trinajstić information content (AvgIpc) is 2.68. The van der Waals surface area contributed by atoms with Gasteiger partial charge in [-0.05, 0) is 62.4 Å². The Balaban J connectivity index is 1.47. The Morgan fingerprint density at radius 3 is 2.33 bits per heavy atom. The van der Waals surface area contributed by atoms with Crippen LogP contribution in [0.15, 0.2) is 58.1 Å². The zero-order chi connectivity index (χ0) is 19.2. The largest absolute Gasteiger partial charge is 0.307 e. The van der Waals surface area contributed by atoms with E-state index in [1.807, 2.05) is 36.4 Å². The van der Waals surface area contributed by atoms with E-state index < -0.39 is 0 Å². The second kappa shape index (κ2) is 9.10. The number of nitro groups is 1. The van der Waals surface area contributed by atoms with Crippen LogP contribution in [0.5, 0.6) is 0 Å². The minimum atomic E-state index is -0.369. The molecule has 1 fully saturated rings. The number of non-ortho nitro benzene ring substituents is 1. The number of benzene rings is 2. The summed E-state index contributed by atoms with van der Waals surface area (Å²) in [4.78, 5) is 10.4. The van der Waals surface area contributed by atoms with Gasteiger partial charge in [0.2, 0.25) is 0 Å². The standard InChI is InChI=1S/C20H23BrN4O2/c1-14(15-2-12-20(13-3-15)25(26)27)22-17-8-10-19(11-9-17)24-23-18-6-4-16(21)5-7-18/h2-7,12-14,17,22-23H,8-11H2,1H3. The number of hydrazone groups is 1. The summed E-state index contributed by atoms with van der Waals surface area (Å²) in [5.74, 6) is 0. The van der Waals surface area contributed by atoms with Gasteiger partial charge in [-0.15, -0.1) is 0 Å². The molecule has 2 aromatic rings. The highest BCUT2D eigenvalue weighted by molar-refractivity contribution is 9.10. The van der Waals surface area contributed by atoms with Gasteiger partial charge in [-0.25, -0.2) is 0 Å². The van der Waals surface area contributed by atoms with E-state index >= 15 is 0 Å². The Bertz CT molecular complexity index is 796. The van der Waals surface area contributed by atoms with Gasteiger partial charge in [0.05, 0.1) is 10.6 Å². The Kier molecular flexibility index (Phi) is 6.58. The molecule has 0 amide bonds. The van der Waals surface area contributed by atoms with Crippen LogP contribution in [0.2, 0.25) is 0 Å². The summed E-state index contributed by atoms with van der Waals surface area (Å²) < 4.78 is 1.05. The lowest BCUT2D eigenvalue weighted by atomic mass is 9.92. The first-order valence-corrected chi connectivity index (χ1v) is 9.88. The van der Waals surface area contributed by atoms with E-state index in [4.69, 9.17) is 0 Å². The molecule has 2 aromatic carbocycles. The Labute approximate surface area is 167 Å². The first-order chi connectivity index (χ1) is 13.0. The van der Waals surface area contributed by atoms with E-state index in [1.54, 1.807) is 12.1 Å². The van der Waals surface area contributed by atoms with Gasteiger partial charge < -0.3 is 5.32 Å². The number of nitro benzene ring substituents is 1. The van der Waals surface area contributed by atoms with Crippen LogP contribution < -0.4 is 10.7 Å². The molecule has 0 heterocycles. The molecular formula is C20H23BrN4O2. The third kappa shape index (κ3) is 5.61. The number of hydrogen-bond acceptors (Lipinski definition) is 5. The summed E-state index contributed by atoms with van der Waals surface area (Å²) in [7, 11) is 0. The molecule has 0 spiro atoms. The molecule has 1 saturated carbocycles. The molecule has 0 saturated heterocycles. The topological polar surface area (TPSA) is 79.6 Å². The summed E-state index contributed by atoms with van der Waals surface area (Å²) in [5.41, 5.74) is 6.50. The lowest BCUT2D eigenvalue weighted by Crippen LogP contribution is -2.35. The Morgan fingerprint density at radius 2 is 1.74 bits per heavy atom. The highest BCUT2D eigenvalue weighted by atomic mass is 79.9. The van der Waals surface area contributed by atoms with Gasteiger partial charge in [-0.3, -0.25) is 15.5 Å². The average molecular weight is 431 g/mol. The molecule has 0 aliphatic heterocycles. The molecule has 7 heteroatoms. The van der Waals surface area contributed by atoms with Crippen LogP contribution in [-0.4, -0.2) is 16.7 Å². The summed E-state index contributed by atoms with van der Waals surface area (Å²) in [6.07, 6.45) is 4.01. The molecule has 0 bridgehead atoms. The molecule has 0 radical (unpaired) electrons. The fraction of sp³-hybridized carbons (Fsp3) is 0.350. The Morgan fingerprint density at radius 1 is 1.11 bits per heavy atom. The molecule has 2 N–H and O–H groups in total.